The van der Waals surface area contributed by atoms with Gasteiger partial charge in [-0.2, -0.15) is 0 Å². The van der Waals surface area contributed by atoms with E-state index in [1.165, 1.54) is 6.07 Å². The van der Waals surface area contributed by atoms with Crippen LogP contribution in [0.5, 0.6) is 0 Å². The van der Waals surface area contributed by atoms with Gasteiger partial charge in [-0.15, -0.1) is 10.2 Å². The summed E-state index contributed by atoms with van der Waals surface area (Å²) in [6.07, 6.45) is 0. The average molecular weight is 222 g/mol. The second-order valence-corrected chi connectivity index (χ2v) is 3.07. The van der Waals surface area contributed by atoms with Gasteiger partial charge < -0.3 is 5.43 Å². The average Bonchev–Trinajstić information content (AvgIpc) is 2.29. The Morgan fingerprint density at radius 3 is 2.44 bits per heavy atom. The number of aromatic nitrogens is 2. The third-order valence-corrected chi connectivity index (χ3v) is 2.02. The second kappa shape index (κ2) is 4.19. The minimum Gasteiger partial charge on any atom is -0.307 e. The molecule has 6 heteroatoms. The number of nitrogens with zero attached hydrogens (tertiary/aromatic N) is 2. The maximum Gasteiger partial charge on any atom is 0.162 e. The summed E-state index contributed by atoms with van der Waals surface area (Å²) in [5.41, 5.74) is 2.81. The van der Waals surface area contributed by atoms with Gasteiger partial charge in [0.2, 0.25) is 0 Å². The Labute approximate surface area is 90.1 Å². The van der Waals surface area contributed by atoms with Crippen LogP contribution in [-0.4, -0.2) is 10.2 Å². The lowest BCUT2D eigenvalue weighted by Crippen LogP contribution is -2.09. The van der Waals surface area contributed by atoms with Crippen molar-refractivity contribution < 1.29 is 8.78 Å². The molecule has 3 N–H and O–H groups in total. The molecule has 0 aliphatic heterocycles. The van der Waals surface area contributed by atoms with Crippen molar-refractivity contribution in [1.29, 1.82) is 0 Å². The molecule has 0 radical (unpaired) electrons. The molecule has 1 aromatic heterocycles. The lowest BCUT2D eigenvalue weighted by Gasteiger charge is -2.03. The number of nitrogen functional groups attached to an aromatic ring is 1. The Balaban J connectivity index is 2.42. The Morgan fingerprint density at radius 1 is 1.06 bits per heavy atom. The van der Waals surface area contributed by atoms with Crippen LogP contribution in [-0.2, 0) is 0 Å². The summed E-state index contributed by atoms with van der Waals surface area (Å²) >= 11 is 0. The van der Waals surface area contributed by atoms with Crippen LogP contribution >= 0.6 is 0 Å². The predicted octanol–water partition coefficient (Wildman–Crippen LogP) is 1.71. The Hall–Kier alpha value is -2.08. The Morgan fingerprint density at radius 2 is 1.88 bits per heavy atom. The monoisotopic (exact) mass is 222 g/mol. The third kappa shape index (κ3) is 1.96. The van der Waals surface area contributed by atoms with Gasteiger partial charge in [-0.3, -0.25) is 0 Å². The Bertz CT molecular complexity index is 499. The van der Waals surface area contributed by atoms with E-state index in [2.05, 4.69) is 15.6 Å². The maximum absolute atomic E-state index is 13.4. The summed E-state index contributed by atoms with van der Waals surface area (Å²) in [6, 6.07) is 6.36. The van der Waals surface area contributed by atoms with E-state index in [0.717, 1.165) is 12.1 Å². The molecule has 0 aliphatic rings. The molecule has 1 heterocycles. The molecule has 0 fully saturated rings. The molecule has 82 valence electrons. The van der Waals surface area contributed by atoms with Crippen molar-refractivity contribution in [3.63, 3.8) is 0 Å². The normalized spacial score (nSPS) is 10.2. The molecule has 0 saturated carbocycles. The quantitative estimate of drug-likeness (QED) is 0.599. The minimum atomic E-state index is -0.678. The summed E-state index contributed by atoms with van der Waals surface area (Å²) in [6.45, 7) is 0. The molecule has 0 aliphatic carbocycles. The standard InChI is InChI=1S/C10H8F2N4/c11-6-1-2-7(8(12)5-6)9-3-4-10(14-13)16-15-9/h1-5H,13H2,(H,14,16). The number of nitrogens with one attached hydrogen (secondary N) is 1. The van der Waals surface area contributed by atoms with E-state index in [1.54, 1.807) is 12.1 Å². The van der Waals surface area contributed by atoms with Gasteiger partial charge in [0, 0.05) is 11.6 Å². The number of benzene rings is 1. The topological polar surface area (TPSA) is 63.8 Å². The molecule has 0 unspecified atom stereocenters. The van der Waals surface area contributed by atoms with Gasteiger partial charge in [0.05, 0.1) is 5.69 Å². The van der Waals surface area contributed by atoms with Crippen molar-refractivity contribution in [1.82, 2.24) is 10.2 Å². The first-order valence-electron chi connectivity index (χ1n) is 4.46. The zero-order valence-corrected chi connectivity index (χ0v) is 8.11. The first-order chi connectivity index (χ1) is 7.70. The van der Waals surface area contributed by atoms with E-state index < -0.39 is 11.6 Å². The third-order valence-electron chi connectivity index (χ3n) is 2.02. The van der Waals surface area contributed by atoms with Gasteiger partial charge >= 0.3 is 0 Å². The highest BCUT2D eigenvalue weighted by atomic mass is 19.1. The molecule has 0 amide bonds. The number of halogens is 2. The van der Waals surface area contributed by atoms with E-state index in [4.69, 9.17) is 5.84 Å². The fourth-order valence-corrected chi connectivity index (χ4v) is 1.25. The van der Waals surface area contributed by atoms with Crippen LogP contribution in [0.1, 0.15) is 0 Å². The zero-order valence-electron chi connectivity index (χ0n) is 8.11. The summed E-state index contributed by atoms with van der Waals surface area (Å²) in [7, 11) is 0. The van der Waals surface area contributed by atoms with Crippen molar-refractivity contribution >= 4 is 5.82 Å². The molecular formula is C10H8F2N4. The van der Waals surface area contributed by atoms with Crippen LogP contribution in [0.3, 0.4) is 0 Å². The minimum absolute atomic E-state index is 0.192. The van der Waals surface area contributed by atoms with Gasteiger partial charge in [-0.1, -0.05) is 0 Å². The van der Waals surface area contributed by atoms with Crippen LogP contribution in [0, 0.1) is 11.6 Å². The molecule has 1 aromatic carbocycles. The summed E-state index contributed by atoms with van der Waals surface area (Å²) in [5.74, 6) is 4.17. The van der Waals surface area contributed by atoms with Crippen LogP contribution in [0.25, 0.3) is 11.3 Å². The number of hydrogen-bond acceptors (Lipinski definition) is 4. The smallest absolute Gasteiger partial charge is 0.162 e. The van der Waals surface area contributed by atoms with E-state index in [9.17, 15) is 8.78 Å². The number of rotatable bonds is 2. The van der Waals surface area contributed by atoms with Gasteiger partial charge in [0.1, 0.15) is 11.6 Å². The highest BCUT2D eigenvalue weighted by molar-refractivity contribution is 5.60. The van der Waals surface area contributed by atoms with Crippen molar-refractivity contribution in [3.05, 3.63) is 42.0 Å². The molecule has 0 spiro atoms. The zero-order chi connectivity index (χ0) is 11.5. The molecule has 0 atom stereocenters. The molecular weight excluding hydrogens is 214 g/mol. The van der Waals surface area contributed by atoms with Crippen molar-refractivity contribution in [3.8, 4) is 11.3 Å². The van der Waals surface area contributed by atoms with Crippen LogP contribution in [0.15, 0.2) is 30.3 Å². The van der Waals surface area contributed by atoms with Crippen molar-refractivity contribution in [2.75, 3.05) is 5.43 Å². The molecule has 16 heavy (non-hydrogen) atoms. The Kier molecular flexibility index (Phi) is 2.74. The molecule has 0 bridgehead atoms. The van der Waals surface area contributed by atoms with E-state index >= 15 is 0 Å². The van der Waals surface area contributed by atoms with Gasteiger partial charge in [0.15, 0.2) is 5.82 Å². The number of hydrazine groups is 1. The molecule has 2 aromatic rings. The molecule has 0 saturated heterocycles. The lowest BCUT2D eigenvalue weighted by atomic mass is 10.1. The van der Waals surface area contributed by atoms with E-state index in [0.29, 0.717) is 11.5 Å². The summed E-state index contributed by atoms with van der Waals surface area (Å²) < 4.78 is 26.0. The SMILES string of the molecule is NNc1ccc(-c2ccc(F)cc2F)nn1. The second-order valence-electron chi connectivity index (χ2n) is 3.07. The van der Waals surface area contributed by atoms with E-state index in [-0.39, 0.29) is 5.56 Å². The highest BCUT2D eigenvalue weighted by Crippen LogP contribution is 2.21. The van der Waals surface area contributed by atoms with Gasteiger partial charge in [-0.25, -0.2) is 14.6 Å². The first-order valence-corrected chi connectivity index (χ1v) is 4.46. The van der Waals surface area contributed by atoms with Crippen molar-refractivity contribution in [2.24, 2.45) is 5.84 Å². The van der Waals surface area contributed by atoms with Crippen LogP contribution in [0.4, 0.5) is 14.6 Å². The fourth-order valence-electron chi connectivity index (χ4n) is 1.25. The predicted molar refractivity (Wildman–Crippen MR) is 55.2 cm³/mol. The number of anilines is 1. The number of nitrogens with two attached hydrogens (primary N) is 1. The maximum atomic E-state index is 13.4. The van der Waals surface area contributed by atoms with Gasteiger partial charge in [-0.05, 0) is 24.3 Å². The van der Waals surface area contributed by atoms with E-state index in [1.807, 2.05) is 0 Å². The summed E-state index contributed by atoms with van der Waals surface area (Å²) in [4.78, 5) is 0. The summed E-state index contributed by atoms with van der Waals surface area (Å²) in [5, 5.41) is 7.45. The van der Waals surface area contributed by atoms with Crippen LogP contribution in [0.2, 0.25) is 0 Å². The highest BCUT2D eigenvalue weighted by Gasteiger charge is 2.07. The fraction of sp³-hybridized carbons (Fsp3) is 0. The largest absolute Gasteiger partial charge is 0.307 e. The molecule has 2 rings (SSSR count). The van der Waals surface area contributed by atoms with Gasteiger partial charge in [0.25, 0.3) is 0 Å². The molecule has 4 nitrogen and oxygen atoms in total. The number of hydrogen-bond donors (Lipinski definition) is 2. The van der Waals surface area contributed by atoms with Crippen molar-refractivity contribution in [2.45, 2.75) is 0 Å². The lowest BCUT2D eigenvalue weighted by molar-refractivity contribution is 0.585. The first kappa shape index (κ1) is 10.4. The van der Waals surface area contributed by atoms with Crippen LogP contribution < -0.4 is 11.3 Å².